The number of nitrogens with one attached hydrogen (secondary N) is 1. The number of amides is 3. The van der Waals surface area contributed by atoms with Crippen LogP contribution in [-0.4, -0.2) is 35.2 Å². The zero-order valence-corrected chi connectivity index (χ0v) is 18.1. The number of carbonyl (C=O) groups is 3. The van der Waals surface area contributed by atoms with Crippen molar-refractivity contribution in [1.82, 2.24) is 4.90 Å². The van der Waals surface area contributed by atoms with Crippen molar-refractivity contribution in [3.63, 3.8) is 0 Å². The van der Waals surface area contributed by atoms with Gasteiger partial charge in [0.15, 0.2) is 0 Å². The summed E-state index contributed by atoms with van der Waals surface area (Å²) in [6, 6.07) is 10.9. The number of hydrogen-bond donors (Lipinski definition) is 1. The van der Waals surface area contributed by atoms with Crippen molar-refractivity contribution < 1.29 is 14.4 Å². The van der Waals surface area contributed by atoms with Crippen LogP contribution >= 0.6 is 11.6 Å². The highest BCUT2D eigenvalue weighted by atomic mass is 35.5. The van der Waals surface area contributed by atoms with Gasteiger partial charge in [-0.05, 0) is 56.5 Å². The molecule has 0 bridgehead atoms. The van der Waals surface area contributed by atoms with Crippen LogP contribution in [0.15, 0.2) is 36.4 Å². The Kier molecular flexibility index (Phi) is 3.79. The van der Waals surface area contributed by atoms with Crippen molar-refractivity contribution in [2.75, 3.05) is 16.8 Å². The fourth-order valence-corrected chi connectivity index (χ4v) is 6.62. The lowest BCUT2D eigenvalue weighted by Crippen LogP contribution is -2.54. The summed E-state index contributed by atoms with van der Waals surface area (Å²) in [6.45, 7) is 4.47. The van der Waals surface area contributed by atoms with Gasteiger partial charge in [0.1, 0.15) is 5.54 Å². The highest BCUT2D eigenvalue weighted by Crippen LogP contribution is 2.61. The number of fused-ring (bicyclic) bond motifs is 7. The van der Waals surface area contributed by atoms with E-state index in [2.05, 4.69) is 10.2 Å². The minimum Gasteiger partial charge on any atom is -0.324 e. The molecule has 1 N–H and O–H groups in total. The molecule has 158 valence electrons. The first-order valence-electron chi connectivity index (χ1n) is 10.7. The van der Waals surface area contributed by atoms with Gasteiger partial charge in [-0.25, -0.2) is 4.90 Å². The topological polar surface area (TPSA) is 69.7 Å². The number of nitrogens with zero attached hydrogens (tertiary/aromatic N) is 2. The highest BCUT2D eigenvalue weighted by molar-refractivity contribution is 6.32. The fraction of sp³-hybridized carbons (Fsp3) is 0.375. The summed E-state index contributed by atoms with van der Waals surface area (Å²) < 4.78 is 0. The maximum atomic E-state index is 13.9. The Morgan fingerprint density at radius 1 is 1.06 bits per heavy atom. The zero-order chi connectivity index (χ0) is 21.7. The molecule has 4 atom stereocenters. The maximum Gasteiger partial charge on any atom is 0.250 e. The van der Waals surface area contributed by atoms with Crippen LogP contribution in [0, 0.1) is 25.7 Å². The molecule has 0 radical (unpaired) electrons. The lowest BCUT2D eigenvalue weighted by Gasteiger charge is -2.36. The molecular formula is C24H22ClN3O3. The first-order chi connectivity index (χ1) is 14.9. The molecule has 6 nitrogen and oxygen atoms in total. The predicted molar refractivity (Wildman–Crippen MR) is 117 cm³/mol. The van der Waals surface area contributed by atoms with E-state index >= 15 is 0 Å². The number of hydrogen-bond acceptors (Lipinski definition) is 4. The molecule has 6 rings (SSSR count). The quantitative estimate of drug-likeness (QED) is 0.697. The summed E-state index contributed by atoms with van der Waals surface area (Å²) in [7, 11) is 0. The molecular weight excluding hydrogens is 414 g/mol. The molecule has 2 aromatic rings. The molecule has 4 heterocycles. The number of halogens is 1. The number of carbonyl (C=O) groups excluding carboxylic acids is 3. The van der Waals surface area contributed by atoms with Crippen LogP contribution in [0.5, 0.6) is 0 Å². The van der Waals surface area contributed by atoms with Crippen LogP contribution in [-0.2, 0) is 19.9 Å². The molecule has 4 unspecified atom stereocenters. The summed E-state index contributed by atoms with van der Waals surface area (Å²) in [6.07, 6.45) is 1.71. The van der Waals surface area contributed by atoms with Crippen LogP contribution in [0.2, 0.25) is 5.02 Å². The van der Waals surface area contributed by atoms with Gasteiger partial charge in [0.2, 0.25) is 17.7 Å². The Hall–Kier alpha value is -2.70. The predicted octanol–water partition coefficient (Wildman–Crippen LogP) is 3.39. The van der Waals surface area contributed by atoms with E-state index < -0.39 is 17.4 Å². The Morgan fingerprint density at radius 2 is 1.84 bits per heavy atom. The second-order valence-corrected chi connectivity index (χ2v) is 9.43. The van der Waals surface area contributed by atoms with Gasteiger partial charge in [-0.2, -0.15) is 0 Å². The van der Waals surface area contributed by atoms with Crippen molar-refractivity contribution >= 4 is 40.7 Å². The minimum absolute atomic E-state index is 0.122. The molecule has 0 saturated carbocycles. The SMILES string of the molecule is Cc1cccc2c1NC(=O)C21C2C(=O)N(c3cccc(Cl)c3C)C(=O)C2C2CCCN21. The standard InChI is InChI=1S/C24H22ClN3O3/c1-12-6-3-7-14-20(12)26-23(31)24(14)19-18(17-10-5-11-27(17)24)21(29)28(22(19)30)16-9-4-8-15(25)13(16)2/h3-4,6-9,17-19H,5,10-11H2,1-2H3,(H,26,31). The molecule has 4 aliphatic rings. The van der Waals surface area contributed by atoms with Crippen molar-refractivity contribution in [1.29, 1.82) is 0 Å². The number of aryl methyl sites for hydroxylation is 1. The van der Waals surface area contributed by atoms with E-state index in [4.69, 9.17) is 11.6 Å². The maximum absolute atomic E-state index is 13.9. The molecule has 31 heavy (non-hydrogen) atoms. The molecule has 3 amide bonds. The number of anilines is 2. The van der Waals surface area contributed by atoms with Crippen LogP contribution in [0.3, 0.4) is 0 Å². The lowest BCUT2D eigenvalue weighted by molar-refractivity contribution is -0.135. The third-order valence-electron chi connectivity index (χ3n) is 7.72. The third-order valence-corrected chi connectivity index (χ3v) is 8.13. The van der Waals surface area contributed by atoms with Gasteiger partial charge in [-0.1, -0.05) is 35.9 Å². The van der Waals surface area contributed by atoms with Crippen LogP contribution in [0.25, 0.3) is 0 Å². The smallest absolute Gasteiger partial charge is 0.250 e. The fourth-order valence-electron chi connectivity index (χ4n) is 6.45. The summed E-state index contributed by atoms with van der Waals surface area (Å²) >= 11 is 6.30. The number of benzene rings is 2. The van der Waals surface area contributed by atoms with Gasteiger partial charge in [0.05, 0.1) is 17.5 Å². The number of imide groups is 1. The van der Waals surface area contributed by atoms with E-state index in [9.17, 15) is 14.4 Å². The second-order valence-electron chi connectivity index (χ2n) is 9.02. The highest BCUT2D eigenvalue weighted by Gasteiger charge is 2.74. The summed E-state index contributed by atoms with van der Waals surface area (Å²) in [5, 5.41) is 3.56. The molecule has 7 heteroatoms. The third kappa shape index (κ3) is 2.10. The molecule has 2 aromatic carbocycles. The van der Waals surface area contributed by atoms with E-state index in [-0.39, 0.29) is 23.8 Å². The van der Waals surface area contributed by atoms with Gasteiger partial charge in [-0.3, -0.25) is 19.3 Å². The first-order valence-corrected chi connectivity index (χ1v) is 11.1. The van der Waals surface area contributed by atoms with Crippen molar-refractivity contribution in [3.05, 3.63) is 58.1 Å². The Morgan fingerprint density at radius 3 is 2.65 bits per heavy atom. The van der Waals surface area contributed by atoms with Gasteiger partial charge >= 0.3 is 0 Å². The Balaban J connectivity index is 1.58. The van der Waals surface area contributed by atoms with Crippen molar-refractivity contribution in [2.45, 2.75) is 38.3 Å². The average Bonchev–Trinajstić information content (AvgIpc) is 3.44. The normalized spacial score (nSPS) is 31.4. The van der Waals surface area contributed by atoms with Crippen LogP contribution in [0.4, 0.5) is 11.4 Å². The molecule has 4 aliphatic heterocycles. The molecule has 0 aliphatic carbocycles. The summed E-state index contributed by atoms with van der Waals surface area (Å²) in [5.74, 6) is -2.00. The van der Waals surface area contributed by atoms with E-state index in [1.807, 2.05) is 32.0 Å². The van der Waals surface area contributed by atoms with Crippen LogP contribution in [0.1, 0.15) is 29.5 Å². The van der Waals surface area contributed by atoms with E-state index in [0.29, 0.717) is 22.8 Å². The van der Waals surface area contributed by atoms with E-state index in [0.717, 1.165) is 29.7 Å². The Labute approximate surface area is 185 Å². The average molecular weight is 436 g/mol. The second kappa shape index (κ2) is 6.17. The monoisotopic (exact) mass is 435 g/mol. The number of para-hydroxylation sites is 1. The molecule has 1 spiro atoms. The lowest BCUT2D eigenvalue weighted by atomic mass is 9.75. The Bertz CT molecular complexity index is 1190. The zero-order valence-electron chi connectivity index (χ0n) is 17.3. The van der Waals surface area contributed by atoms with Gasteiger partial charge < -0.3 is 5.32 Å². The molecule has 0 aromatic heterocycles. The van der Waals surface area contributed by atoms with Gasteiger partial charge in [0, 0.05) is 22.3 Å². The van der Waals surface area contributed by atoms with Crippen molar-refractivity contribution in [3.8, 4) is 0 Å². The van der Waals surface area contributed by atoms with E-state index in [1.165, 1.54) is 4.90 Å². The molecule has 3 fully saturated rings. The van der Waals surface area contributed by atoms with Gasteiger partial charge in [0.25, 0.3) is 0 Å². The van der Waals surface area contributed by atoms with Crippen LogP contribution < -0.4 is 10.2 Å². The summed E-state index contributed by atoms with van der Waals surface area (Å²) in [4.78, 5) is 44.8. The largest absolute Gasteiger partial charge is 0.324 e. The van der Waals surface area contributed by atoms with Crippen molar-refractivity contribution in [2.24, 2.45) is 11.8 Å². The first kappa shape index (κ1) is 19.0. The summed E-state index contributed by atoms with van der Waals surface area (Å²) in [5.41, 5.74) is 2.62. The number of rotatable bonds is 1. The van der Waals surface area contributed by atoms with Gasteiger partial charge in [-0.15, -0.1) is 0 Å². The van der Waals surface area contributed by atoms with E-state index in [1.54, 1.807) is 18.2 Å². The minimum atomic E-state index is -1.14. The molecule has 3 saturated heterocycles.